The van der Waals surface area contributed by atoms with E-state index in [4.69, 9.17) is 5.73 Å². The Hall–Kier alpha value is -2.37. The van der Waals surface area contributed by atoms with E-state index >= 15 is 0 Å². The van der Waals surface area contributed by atoms with Gasteiger partial charge in [0.1, 0.15) is 0 Å². The van der Waals surface area contributed by atoms with Gasteiger partial charge in [-0.3, -0.25) is 9.59 Å². The van der Waals surface area contributed by atoms with Crippen LogP contribution in [0.2, 0.25) is 0 Å². The van der Waals surface area contributed by atoms with Crippen molar-refractivity contribution in [2.24, 2.45) is 11.7 Å². The molecule has 1 atom stereocenters. The molecule has 1 aliphatic rings. The number of nitrogens with zero attached hydrogens (tertiary/aromatic N) is 1. The zero-order chi connectivity index (χ0) is 14.2. The molecule has 0 radical (unpaired) electrons. The van der Waals surface area contributed by atoms with Crippen molar-refractivity contribution in [2.75, 3.05) is 11.4 Å². The molecule has 19 heavy (non-hydrogen) atoms. The van der Waals surface area contributed by atoms with Crippen molar-refractivity contribution in [2.45, 2.75) is 13.3 Å². The van der Waals surface area contributed by atoms with Crippen LogP contribution in [0.25, 0.3) is 0 Å². The van der Waals surface area contributed by atoms with Gasteiger partial charge in [-0.15, -0.1) is 0 Å². The second kappa shape index (κ2) is 4.72. The summed E-state index contributed by atoms with van der Waals surface area (Å²) < 4.78 is 0. The predicted molar refractivity (Wildman–Crippen MR) is 67.8 cm³/mol. The van der Waals surface area contributed by atoms with Crippen LogP contribution in [0.5, 0.6) is 0 Å². The number of aryl methyl sites for hydroxylation is 1. The van der Waals surface area contributed by atoms with Crippen LogP contribution < -0.4 is 10.6 Å². The molecule has 6 nitrogen and oxygen atoms in total. The summed E-state index contributed by atoms with van der Waals surface area (Å²) >= 11 is 0. The molecule has 2 amide bonds. The standard InChI is InChI=1S/C13H14N2O4/c1-7-3-2-4-9(13(18)19)11(7)15-6-8(12(14)17)5-10(15)16/h2-4,8H,5-6H2,1H3,(H2,14,17)(H,18,19). The minimum Gasteiger partial charge on any atom is -0.478 e. The van der Waals surface area contributed by atoms with E-state index in [0.29, 0.717) is 11.3 Å². The van der Waals surface area contributed by atoms with Crippen molar-refractivity contribution < 1.29 is 19.5 Å². The lowest BCUT2D eigenvalue weighted by Crippen LogP contribution is -2.30. The molecule has 6 heteroatoms. The van der Waals surface area contributed by atoms with Crippen LogP contribution in [0.15, 0.2) is 18.2 Å². The summed E-state index contributed by atoms with van der Waals surface area (Å²) in [4.78, 5) is 35.7. The highest BCUT2D eigenvalue weighted by Gasteiger charge is 2.36. The van der Waals surface area contributed by atoms with Crippen LogP contribution in [0.1, 0.15) is 22.3 Å². The maximum Gasteiger partial charge on any atom is 0.337 e. The monoisotopic (exact) mass is 262 g/mol. The van der Waals surface area contributed by atoms with E-state index in [1.807, 2.05) is 0 Å². The van der Waals surface area contributed by atoms with E-state index in [0.717, 1.165) is 0 Å². The van der Waals surface area contributed by atoms with Gasteiger partial charge in [-0.1, -0.05) is 12.1 Å². The molecule has 0 aliphatic carbocycles. The Labute approximate surface area is 109 Å². The number of hydrogen-bond acceptors (Lipinski definition) is 3. The molecule has 1 heterocycles. The first kappa shape index (κ1) is 13.1. The number of anilines is 1. The lowest BCUT2D eigenvalue weighted by atomic mass is 10.1. The topological polar surface area (TPSA) is 101 Å². The molecular formula is C13H14N2O4. The molecule has 100 valence electrons. The fourth-order valence-corrected chi connectivity index (χ4v) is 2.30. The Kier molecular flexibility index (Phi) is 3.25. The Morgan fingerprint density at radius 2 is 2.11 bits per heavy atom. The number of carboxylic acids is 1. The highest BCUT2D eigenvalue weighted by atomic mass is 16.4. The predicted octanol–water partition coefficient (Wildman–Crippen LogP) is 0.531. The van der Waals surface area contributed by atoms with Gasteiger partial charge in [0.2, 0.25) is 11.8 Å². The van der Waals surface area contributed by atoms with Crippen molar-refractivity contribution in [1.82, 2.24) is 0 Å². The van der Waals surface area contributed by atoms with Crippen molar-refractivity contribution in [1.29, 1.82) is 0 Å². The summed E-state index contributed by atoms with van der Waals surface area (Å²) in [7, 11) is 0. The van der Waals surface area contributed by atoms with Crippen LogP contribution in [0, 0.1) is 12.8 Å². The van der Waals surface area contributed by atoms with Gasteiger partial charge in [-0.2, -0.15) is 0 Å². The van der Waals surface area contributed by atoms with E-state index in [-0.39, 0.29) is 24.4 Å². The average molecular weight is 262 g/mol. The number of hydrogen-bond donors (Lipinski definition) is 2. The highest BCUT2D eigenvalue weighted by molar-refractivity contribution is 6.05. The number of primary amides is 1. The summed E-state index contributed by atoms with van der Waals surface area (Å²) in [6, 6.07) is 4.79. The first-order chi connectivity index (χ1) is 8.91. The summed E-state index contributed by atoms with van der Waals surface area (Å²) in [5.41, 5.74) is 6.29. The first-order valence-corrected chi connectivity index (χ1v) is 5.84. The number of para-hydroxylation sites is 1. The van der Waals surface area contributed by atoms with Crippen molar-refractivity contribution >= 4 is 23.5 Å². The SMILES string of the molecule is Cc1cccc(C(=O)O)c1N1CC(C(N)=O)CC1=O. The van der Waals surface area contributed by atoms with Gasteiger partial charge in [-0.05, 0) is 18.6 Å². The van der Waals surface area contributed by atoms with Gasteiger partial charge >= 0.3 is 5.97 Å². The number of amides is 2. The second-order valence-electron chi connectivity index (χ2n) is 4.58. The fraction of sp³-hybridized carbons (Fsp3) is 0.308. The fourth-order valence-electron chi connectivity index (χ4n) is 2.30. The Bertz CT molecular complexity index is 568. The van der Waals surface area contributed by atoms with Gasteiger partial charge in [0.05, 0.1) is 17.2 Å². The molecule has 1 fully saturated rings. The highest BCUT2D eigenvalue weighted by Crippen LogP contribution is 2.31. The minimum atomic E-state index is -1.10. The van der Waals surface area contributed by atoms with Crippen molar-refractivity contribution in [3.63, 3.8) is 0 Å². The van der Waals surface area contributed by atoms with E-state index in [9.17, 15) is 19.5 Å². The van der Waals surface area contributed by atoms with E-state index in [1.165, 1.54) is 11.0 Å². The van der Waals surface area contributed by atoms with Gasteiger partial charge < -0.3 is 15.7 Å². The number of aromatic carboxylic acids is 1. The molecule has 0 aromatic heterocycles. The Morgan fingerprint density at radius 3 is 2.63 bits per heavy atom. The maximum absolute atomic E-state index is 11.9. The van der Waals surface area contributed by atoms with Gasteiger partial charge in [0.25, 0.3) is 0 Å². The third-order valence-corrected chi connectivity index (χ3v) is 3.27. The molecule has 0 spiro atoms. The normalized spacial score (nSPS) is 18.7. The van der Waals surface area contributed by atoms with Crippen LogP contribution >= 0.6 is 0 Å². The molecule has 3 N–H and O–H groups in total. The summed E-state index contributed by atoms with van der Waals surface area (Å²) in [5, 5.41) is 9.18. The van der Waals surface area contributed by atoms with Crippen LogP contribution in [-0.2, 0) is 9.59 Å². The third-order valence-electron chi connectivity index (χ3n) is 3.27. The molecule has 0 bridgehead atoms. The summed E-state index contributed by atoms with van der Waals surface area (Å²) in [6.07, 6.45) is 0.0305. The van der Waals surface area contributed by atoms with Gasteiger partial charge in [0.15, 0.2) is 0 Å². The van der Waals surface area contributed by atoms with Crippen LogP contribution in [0.4, 0.5) is 5.69 Å². The molecule has 1 aliphatic heterocycles. The minimum absolute atomic E-state index is 0.0305. The molecule has 1 aromatic rings. The molecule has 1 aromatic carbocycles. The first-order valence-electron chi connectivity index (χ1n) is 5.84. The zero-order valence-electron chi connectivity index (χ0n) is 10.4. The van der Waals surface area contributed by atoms with Gasteiger partial charge in [-0.25, -0.2) is 4.79 Å². The lowest BCUT2D eigenvalue weighted by molar-refractivity contribution is -0.123. The molecule has 0 saturated carbocycles. The Balaban J connectivity index is 2.45. The van der Waals surface area contributed by atoms with Gasteiger partial charge in [0, 0.05) is 13.0 Å². The van der Waals surface area contributed by atoms with Crippen LogP contribution in [0.3, 0.4) is 0 Å². The molecule has 2 rings (SSSR count). The number of carbonyl (C=O) groups is 3. The number of benzene rings is 1. The summed E-state index contributed by atoms with van der Waals surface area (Å²) in [5.74, 6) is -2.48. The molecular weight excluding hydrogens is 248 g/mol. The van der Waals surface area contributed by atoms with Crippen LogP contribution in [-0.4, -0.2) is 29.4 Å². The van der Waals surface area contributed by atoms with Crippen molar-refractivity contribution in [3.05, 3.63) is 29.3 Å². The largest absolute Gasteiger partial charge is 0.478 e. The number of carboxylic acid groups (broad SMARTS) is 1. The maximum atomic E-state index is 11.9. The van der Waals surface area contributed by atoms with E-state index < -0.39 is 17.8 Å². The summed E-state index contributed by atoms with van der Waals surface area (Å²) in [6.45, 7) is 1.87. The Morgan fingerprint density at radius 1 is 1.42 bits per heavy atom. The lowest BCUT2D eigenvalue weighted by Gasteiger charge is -2.20. The van der Waals surface area contributed by atoms with E-state index in [2.05, 4.69) is 0 Å². The molecule has 1 unspecified atom stereocenters. The number of carbonyl (C=O) groups excluding carboxylic acids is 2. The smallest absolute Gasteiger partial charge is 0.337 e. The average Bonchev–Trinajstić information content (AvgIpc) is 2.71. The second-order valence-corrected chi connectivity index (χ2v) is 4.58. The number of rotatable bonds is 3. The van der Waals surface area contributed by atoms with E-state index in [1.54, 1.807) is 19.1 Å². The number of nitrogens with two attached hydrogens (primary N) is 1. The zero-order valence-corrected chi connectivity index (χ0v) is 10.4. The third kappa shape index (κ3) is 2.29. The molecule has 1 saturated heterocycles. The van der Waals surface area contributed by atoms with Crippen molar-refractivity contribution in [3.8, 4) is 0 Å². The quantitative estimate of drug-likeness (QED) is 0.829.